The van der Waals surface area contributed by atoms with Gasteiger partial charge in [0.05, 0.1) is 26.2 Å². The highest BCUT2D eigenvalue weighted by atomic mass is 31.2. The maximum atomic E-state index is 13.0. The summed E-state index contributed by atoms with van der Waals surface area (Å²) in [7, 11) is -1.97. The van der Waals surface area contributed by atoms with Gasteiger partial charge in [-0.3, -0.25) is 14.7 Å². The number of esters is 1. The zero-order chi connectivity index (χ0) is 17.7. The number of carbonyl (C=O) groups excluding carboxylic acids is 1. The SMILES string of the molecule is CCOP(=O)(OCC)[C@@H]1C[C@H](C(=O)OC)[C@H](c2ccc(C)cc2)N1. The molecule has 0 radical (unpaired) electrons. The first-order valence-electron chi connectivity index (χ1n) is 8.24. The number of methoxy groups -OCH3 is 1. The molecule has 1 aromatic carbocycles. The molecule has 0 spiro atoms. The van der Waals surface area contributed by atoms with Gasteiger partial charge in [-0.25, -0.2) is 0 Å². The third-order valence-corrected chi connectivity index (χ3v) is 6.55. The topological polar surface area (TPSA) is 73.9 Å². The van der Waals surface area contributed by atoms with Gasteiger partial charge < -0.3 is 13.8 Å². The summed E-state index contributed by atoms with van der Waals surface area (Å²) in [6, 6.07) is 7.64. The summed E-state index contributed by atoms with van der Waals surface area (Å²) in [5.74, 6) is -1.29. The Bertz CT molecular complexity index is 594. The smallest absolute Gasteiger partial charge is 0.347 e. The van der Waals surface area contributed by atoms with E-state index in [1.54, 1.807) is 13.8 Å². The summed E-state index contributed by atoms with van der Waals surface area (Å²) in [5, 5.41) is 3.29. The molecular formula is C17H26NO5P. The van der Waals surface area contributed by atoms with Crippen molar-refractivity contribution in [2.75, 3.05) is 20.3 Å². The molecule has 1 fully saturated rings. The van der Waals surface area contributed by atoms with E-state index in [-0.39, 0.29) is 25.2 Å². The van der Waals surface area contributed by atoms with Crippen LogP contribution in [0.5, 0.6) is 0 Å². The molecule has 3 atom stereocenters. The van der Waals surface area contributed by atoms with E-state index in [2.05, 4.69) is 5.32 Å². The lowest BCUT2D eigenvalue weighted by Crippen LogP contribution is -2.28. The lowest BCUT2D eigenvalue weighted by atomic mass is 9.94. The summed E-state index contributed by atoms with van der Waals surface area (Å²) < 4.78 is 28.9. The second-order valence-electron chi connectivity index (χ2n) is 5.81. The Hall–Kier alpha value is -1.20. The fourth-order valence-corrected chi connectivity index (χ4v) is 5.03. The predicted octanol–water partition coefficient (Wildman–Crippen LogP) is 3.41. The molecule has 0 saturated carbocycles. The first-order chi connectivity index (χ1) is 11.4. The van der Waals surface area contributed by atoms with Crippen LogP contribution >= 0.6 is 7.60 Å². The Morgan fingerprint density at radius 2 is 1.79 bits per heavy atom. The first-order valence-corrected chi connectivity index (χ1v) is 9.85. The maximum absolute atomic E-state index is 13.0. The molecule has 1 saturated heterocycles. The van der Waals surface area contributed by atoms with Crippen LogP contribution in [0.15, 0.2) is 24.3 Å². The van der Waals surface area contributed by atoms with Crippen molar-refractivity contribution in [2.24, 2.45) is 5.92 Å². The number of rotatable bonds is 7. The van der Waals surface area contributed by atoms with Crippen molar-refractivity contribution in [3.8, 4) is 0 Å². The van der Waals surface area contributed by atoms with E-state index in [9.17, 15) is 9.36 Å². The zero-order valence-corrected chi connectivity index (χ0v) is 15.5. The number of carbonyl (C=O) groups is 1. The molecular weight excluding hydrogens is 329 g/mol. The van der Waals surface area contributed by atoms with Crippen molar-refractivity contribution in [3.05, 3.63) is 35.4 Å². The Morgan fingerprint density at radius 1 is 1.21 bits per heavy atom. The Labute approximate surface area is 143 Å². The van der Waals surface area contributed by atoms with Gasteiger partial charge in [0, 0.05) is 6.04 Å². The Morgan fingerprint density at radius 3 is 2.29 bits per heavy atom. The molecule has 0 aliphatic carbocycles. The van der Waals surface area contributed by atoms with Crippen LogP contribution in [-0.2, 0) is 23.1 Å². The van der Waals surface area contributed by atoms with Crippen molar-refractivity contribution in [2.45, 2.75) is 39.0 Å². The van der Waals surface area contributed by atoms with Gasteiger partial charge in [-0.15, -0.1) is 0 Å². The predicted molar refractivity (Wildman–Crippen MR) is 91.8 cm³/mol. The minimum atomic E-state index is -3.34. The fraction of sp³-hybridized carbons (Fsp3) is 0.588. The van der Waals surface area contributed by atoms with Crippen LogP contribution in [0.25, 0.3) is 0 Å². The number of benzene rings is 1. The molecule has 6 nitrogen and oxygen atoms in total. The number of nitrogens with one attached hydrogen (secondary N) is 1. The molecule has 1 heterocycles. The fourth-order valence-electron chi connectivity index (χ4n) is 3.05. The van der Waals surface area contributed by atoms with Gasteiger partial charge >= 0.3 is 13.6 Å². The van der Waals surface area contributed by atoms with E-state index in [0.29, 0.717) is 6.42 Å². The minimum Gasteiger partial charge on any atom is -0.469 e. The van der Waals surface area contributed by atoms with Crippen LogP contribution in [0.3, 0.4) is 0 Å². The normalized spacial score (nSPS) is 24.1. The average Bonchev–Trinajstić information content (AvgIpc) is 3.01. The standard InChI is InChI=1S/C17H26NO5P/c1-5-22-24(20,23-6-2)15-11-14(17(19)21-4)16(18-15)13-9-7-12(3)8-10-13/h7-10,14-16,18H,5-6,11H2,1-4H3/t14-,15+,16-/m0/s1. The van der Waals surface area contributed by atoms with Crippen molar-refractivity contribution in [1.29, 1.82) is 0 Å². The monoisotopic (exact) mass is 355 g/mol. The molecule has 0 aromatic heterocycles. The van der Waals surface area contributed by atoms with Crippen LogP contribution in [-0.4, -0.2) is 32.1 Å². The highest BCUT2D eigenvalue weighted by molar-refractivity contribution is 7.54. The van der Waals surface area contributed by atoms with Gasteiger partial charge in [0.2, 0.25) is 0 Å². The highest BCUT2D eigenvalue weighted by Gasteiger charge is 2.48. The quantitative estimate of drug-likeness (QED) is 0.597. The molecule has 0 bridgehead atoms. The summed E-state index contributed by atoms with van der Waals surface area (Å²) in [6.45, 7) is 6.12. The molecule has 24 heavy (non-hydrogen) atoms. The van der Waals surface area contributed by atoms with Gasteiger partial charge in [0.1, 0.15) is 5.78 Å². The molecule has 1 aliphatic heterocycles. The largest absolute Gasteiger partial charge is 0.469 e. The van der Waals surface area contributed by atoms with Crippen molar-refractivity contribution in [3.63, 3.8) is 0 Å². The molecule has 2 rings (SSSR count). The van der Waals surface area contributed by atoms with E-state index < -0.39 is 19.3 Å². The lowest BCUT2D eigenvalue weighted by molar-refractivity contribution is -0.145. The van der Waals surface area contributed by atoms with Gasteiger partial charge in [-0.1, -0.05) is 29.8 Å². The van der Waals surface area contributed by atoms with Crippen molar-refractivity contribution < 1.29 is 23.1 Å². The van der Waals surface area contributed by atoms with Crippen molar-refractivity contribution in [1.82, 2.24) is 5.32 Å². The summed E-state index contributed by atoms with van der Waals surface area (Å²) in [4.78, 5) is 12.2. The summed E-state index contributed by atoms with van der Waals surface area (Å²) >= 11 is 0. The van der Waals surface area contributed by atoms with E-state index in [1.807, 2.05) is 31.2 Å². The van der Waals surface area contributed by atoms with Crippen molar-refractivity contribution >= 4 is 13.6 Å². The van der Waals surface area contributed by atoms with Crippen LogP contribution in [0.2, 0.25) is 0 Å². The second kappa shape index (κ2) is 8.26. The third kappa shape index (κ3) is 4.06. The number of ether oxygens (including phenoxy) is 1. The highest BCUT2D eigenvalue weighted by Crippen LogP contribution is 2.57. The molecule has 7 heteroatoms. The molecule has 1 aromatic rings. The average molecular weight is 355 g/mol. The van der Waals surface area contributed by atoms with Crippen LogP contribution in [0, 0.1) is 12.8 Å². The second-order valence-corrected chi connectivity index (χ2v) is 8.03. The number of hydrogen-bond donors (Lipinski definition) is 1. The third-order valence-electron chi connectivity index (χ3n) is 4.19. The van der Waals surface area contributed by atoms with Gasteiger partial charge in [0.25, 0.3) is 0 Å². The minimum absolute atomic E-state index is 0.280. The zero-order valence-electron chi connectivity index (χ0n) is 14.7. The van der Waals surface area contributed by atoms with E-state index in [1.165, 1.54) is 7.11 Å². The van der Waals surface area contributed by atoms with E-state index in [0.717, 1.165) is 11.1 Å². The summed E-state index contributed by atoms with van der Waals surface area (Å²) in [6.07, 6.45) is 0.350. The first kappa shape index (κ1) is 19.1. The Kier molecular flexibility index (Phi) is 6.58. The van der Waals surface area contributed by atoms with Crippen LogP contribution in [0.1, 0.15) is 37.4 Å². The molecule has 1 aliphatic rings. The lowest BCUT2D eigenvalue weighted by Gasteiger charge is -2.24. The van der Waals surface area contributed by atoms with Gasteiger partial charge in [-0.2, -0.15) is 0 Å². The number of hydrogen-bond acceptors (Lipinski definition) is 6. The van der Waals surface area contributed by atoms with E-state index in [4.69, 9.17) is 13.8 Å². The molecule has 0 unspecified atom stereocenters. The van der Waals surface area contributed by atoms with Gasteiger partial charge in [0.15, 0.2) is 0 Å². The van der Waals surface area contributed by atoms with Gasteiger partial charge in [-0.05, 0) is 32.8 Å². The Balaban J connectivity index is 2.30. The molecule has 0 amide bonds. The number of aryl methyl sites for hydroxylation is 1. The maximum Gasteiger partial charge on any atom is 0.347 e. The van der Waals surface area contributed by atoms with Crippen LogP contribution in [0.4, 0.5) is 0 Å². The van der Waals surface area contributed by atoms with E-state index >= 15 is 0 Å². The molecule has 1 N–H and O–H groups in total. The molecule has 134 valence electrons. The summed E-state index contributed by atoms with van der Waals surface area (Å²) in [5.41, 5.74) is 2.09. The van der Waals surface area contributed by atoms with Crippen LogP contribution < -0.4 is 5.32 Å².